The molecule has 6 nitrogen and oxygen atoms in total. The molecule has 27 heavy (non-hydrogen) atoms. The highest BCUT2D eigenvalue weighted by molar-refractivity contribution is 5.93. The molecule has 6 heteroatoms. The van der Waals surface area contributed by atoms with Crippen molar-refractivity contribution < 1.29 is 28.9 Å². The van der Waals surface area contributed by atoms with Crippen molar-refractivity contribution in [1.29, 1.82) is 0 Å². The van der Waals surface area contributed by atoms with Gasteiger partial charge in [-0.1, -0.05) is 19.9 Å². The van der Waals surface area contributed by atoms with Crippen molar-refractivity contribution in [2.24, 2.45) is 17.3 Å². The maximum atomic E-state index is 12.7. The Hall–Kier alpha value is -1.66. The van der Waals surface area contributed by atoms with Crippen LogP contribution in [0.2, 0.25) is 0 Å². The van der Waals surface area contributed by atoms with Crippen molar-refractivity contribution in [3.8, 4) is 0 Å². The summed E-state index contributed by atoms with van der Waals surface area (Å²) >= 11 is 0. The van der Waals surface area contributed by atoms with Gasteiger partial charge >= 0.3 is 11.9 Å². The molecule has 2 aliphatic carbocycles. The van der Waals surface area contributed by atoms with Crippen LogP contribution in [0, 0.1) is 17.3 Å². The third-order valence-corrected chi connectivity index (χ3v) is 7.28. The third-order valence-electron chi connectivity index (χ3n) is 7.28. The highest BCUT2D eigenvalue weighted by Gasteiger charge is 2.66. The number of aliphatic hydroxyl groups is 1. The smallest absolute Gasteiger partial charge is 0.336 e. The van der Waals surface area contributed by atoms with Crippen LogP contribution in [0.5, 0.6) is 0 Å². The molecule has 0 saturated heterocycles. The van der Waals surface area contributed by atoms with Gasteiger partial charge in [0.25, 0.3) is 0 Å². The van der Waals surface area contributed by atoms with Crippen molar-refractivity contribution in [3.63, 3.8) is 0 Å². The molecular weight excluding hydrogens is 348 g/mol. The summed E-state index contributed by atoms with van der Waals surface area (Å²) in [4.78, 5) is 25.1. The van der Waals surface area contributed by atoms with Crippen LogP contribution in [0.4, 0.5) is 0 Å². The zero-order valence-electron chi connectivity index (χ0n) is 17.0. The van der Waals surface area contributed by atoms with Crippen molar-refractivity contribution in [2.45, 2.75) is 71.9 Å². The first-order valence-corrected chi connectivity index (χ1v) is 9.64. The fourth-order valence-electron chi connectivity index (χ4n) is 5.09. The van der Waals surface area contributed by atoms with Crippen LogP contribution in [0.25, 0.3) is 0 Å². The largest absolute Gasteiger partial charge is 0.454 e. The summed E-state index contributed by atoms with van der Waals surface area (Å²) in [6, 6.07) is 0. The Labute approximate surface area is 160 Å². The van der Waals surface area contributed by atoms with Gasteiger partial charge in [-0.05, 0) is 45.4 Å². The average molecular weight is 378 g/mol. The number of aliphatic hydroxyl groups excluding tert-OH is 1. The average Bonchev–Trinajstić information content (AvgIpc) is 2.90. The van der Waals surface area contributed by atoms with E-state index in [1.807, 2.05) is 6.92 Å². The second kappa shape index (κ2) is 6.74. The van der Waals surface area contributed by atoms with Gasteiger partial charge in [0.1, 0.15) is 6.10 Å². The SMILES string of the molecule is CC=C(C)C(=O)OC1C2=C(C)C(=O)OC2(OC)CC2CCC(O)C(C)C21C. The molecule has 6 unspecified atom stereocenters. The standard InChI is InChI=1S/C21H30O6/c1-7-11(2)18(23)26-17-16-12(3)19(24)27-21(16,25-6)10-14-8-9-15(22)13(4)20(14,17)5/h7,13-15,17,22H,8-10H2,1-6H3. The number of carbonyl (C=O) groups is 2. The van der Waals surface area contributed by atoms with Crippen LogP contribution < -0.4 is 0 Å². The lowest BCUT2D eigenvalue weighted by Gasteiger charge is -2.58. The second-order valence-electron chi connectivity index (χ2n) is 8.34. The summed E-state index contributed by atoms with van der Waals surface area (Å²) in [5.74, 6) is -2.08. The minimum Gasteiger partial charge on any atom is -0.454 e. The highest BCUT2D eigenvalue weighted by Crippen LogP contribution is 2.61. The third kappa shape index (κ3) is 2.76. The summed E-state index contributed by atoms with van der Waals surface area (Å²) in [7, 11) is 1.52. The van der Waals surface area contributed by atoms with Gasteiger partial charge in [-0.25, -0.2) is 9.59 Å². The molecule has 2 fully saturated rings. The van der Waals surface area contributed by atoms with Gasteiger partial charge in [0, 0.05) is 30.1 Å². The fourth-order valence-corrected chi connectivity index (χ4v) is 5.09. The van der Waals surface area contributed by atoms with Gasteiger partial charge in [0.05, 0.1) is 11.7 Å². The molecule has 0 aromatic heterocycles. The number of ether oxygens (including phenoxy) is 3. The van der Waals surface area contributed by atoms with Crippen LogP contribution in [-0.4, -0.2) is 42.1 Å². The van der Waals surface area contributed by atoms with Gasteiger partial charge < -0.3 is 19.3 Å². The normalized spacial score (nSPS) is 41.7. The lowest BCUT2D eigenvalue weighted by molar-refractivity contribution is -0.242. The Morgan fingerprint density at radius 1 is 1.37 bits per heavy atom. The molecule has 3 rings (SSSR count). The van der Waals surface area contributed by atoms with E-state index >= 15 is 0 Å². The topological polar surface area (TPSA) is 82.1 Å². The summed E-state index contributed by atoms with van der Waals surface area (Å²) in [6.45, 7) is 9.21. The highest BCUT2D eigenvalue weighted by atomic mass is 16.7. The van der Waals surface area contributed by atoms with E-state index in [9.17, 15) is 14.7 Å². The molecule has 3 aliphatic rings. The summed E-state index contributed by atoms with van der Waals surface area (Å²) in [5, 5.41) is 10.6. The van der Waals surface area contributed by atoms with Crippen LogP contribution in [0.3, 0.4) is 0 Å². The van der Waals surface area contributed by atoms with Crippen molar-refractivity contribution in [3.05, 3.63) is 22.8 Å². The molecule has 1 aliphatic heterocycles. The monoisotopic (exact) mass is 378 g/mol. The molecule has 0 spiro atoms. The molecule has 6 atom stereocenters. The lowest BCUT2D eigenvalue weighted by atomic mass is 9.51. The van der Waals surface area contributed by atoms with Gasteiger partial charge in [-0.2, -0.15) is 0 Å². The maximum Gasteiger partial charge on any atom is 0.336 e. The molecule has 1 N–H and O–H groups in total. The summed E-state index contributed by atoms with van der Waals surface area (Å²) < 4.78 is 17.4. The van der Waals surface area contributed by atoms with E-state index in [1.165, 1.54) is 7.11 Å². The zero-order chi connectivity index (χ0) is 20.1. The van der Waals surface area contributed by atoms with E-state index in [2.05, 4.69) is 6.92 Å². The summed E-state index contributed by atoms with van der Waals surface area (Å²) in [5.41, 5.74) is 0.997. The minimum absolute atomic E-state index is 0.0852. The van der Waals surface area contributed by atoms with E-state index in [1.54, 1.807) is 26.8 Å². The Bertz CT molecular complexity index is 722. The predicted molar refractivity (Wildman–Crippen MR) is 98.5 cm³/mol. The second-order valence-corrected chi connectivity index (χ2v) is 8.34. The van der Waals surface area contributed by atoms with Crippen LogP contribution in [-0.2, 0) is 23.8 Å². The van der Waals surface area contributed by atoms with E-state index in [-0.39, 0.29) is 11.8 Å². The number of rotatable bonds is 3. The predicted octanol–water partition coefficient (Wildman–Crippen LogP) is 2.90. The number of methoxy groups -OCH3 is 1. The van der Waals surface area contributed by atoms with E-state index in [0.717, 1.165) is 6.42 Å². The van der Waals surface area contributed by atoms with Crippen molar-refractivity contribution in [1.82, 2.24) is 0 Å². The molecule has 0 bridgehead atoms. The number of hydrogen-bond donors (Lipinski definition) is 1. The number of carbonyl (C=O) groups excluding carboxylic acids is 2. The Morgan fingerprint density at radius 3 is 2.63 bits per heavy atom. The molecule has 0 radical (unpaired) electrons. The summed E-state index contributed by atoms with van der Waals surface area (Å²) in [6.07, 6.45) is 2.45. The Morgan fingerprint density at radius 2 is 2.04 bits per heavy atom. The number of hydrogen-bond acceptors (Lipinski definition) is 6. The first-order chi connectivity index (χ1) is 12.6. The van der Waals surface area contributed by atoms with Crippen LogP contribution in [0.15, 0.2) is 22.8 Å². The van der Waals surface area contributed by atoms with Gasteiger partial charge in [-0.3, -0.25) is 0 Å². The molecule has 0 aromatic carbocycles. The maximum absolute atomic E-state index is 12.7. The van der Waals surface area contributed by atoms with Crippen molar-refractivity contribution in [2.75, 3.05) is 7.11 Å². The molecule has 150 valence electrons. The molecule has 0 amide bonds. The van der Waals surface area contributed by atoms with Crippen molar-refractivity contribution >= 4 is 11.9 Å². The van der Waals surface area contributed by atoms with Gasteiger partial charge in [0.2, 0.25) is 5.79 Å². The number of esters is 2. The quantitative estimate of drug-likeness (QED) is 0.601. The number of allylic oxidation sites excluding steroid dienone is 1. The molecule has 1 heterocycles. The number of fused-ring (bicyclic) bond motifs is 2. The van der Waals surface area contributed by atoms with Crippen LogP contribution in [0.1, 0.15) is 53.9 Å². The fraction of sp³-hybridized carbons (Fsp3) is 0.714. The zero-order valence-corrected chi connectivity index (χ0v) is 17.0. The van der Waals surface area contributed by atoms with Gasteiger partial charge in [-0.15, -0.1) is 0 Å². The molecule has 2 saturated carbocycles. The first-order valence-electron chi connectivity index (χ1n) is 9.64. The molecule has 0 aromatic rings. The molecular formula is C21H30O6. The first kappa shape index (κ1) is 20.1. The van der Waals surface area contributed by atoms with E-state index in [0.29, 0.717) is 29.6 Å². The minimum atomic E-state index is -1.19. The Balaban J connectivity index is 2.16. The van der Waals surface area contributed by atoms with Crippen LogP contribution >= 0.6 is 0 Å². The lowest BCUT2D eigenvalue weighted by Crippen LogP contribution is -2.62. The Kier molecular flexibility index (Phi) is 5.02. The van der Waals surface area contributed by atoms with Gasteiger partial charge in [0.15, 0.2) is 0 Å². The van der Waals surface area contributed by atoms with E-state index in [4.69, 9.17) is 14.2 Å². The van der Waals surface area contributed by atoms with E-state index < -0.39 is 35.3 Å².